The average Bonchev–Trinajstić information content (AvgIpc) is 3.32. The van der Waals surface area contributed by atoms with Crippen LogP contribution >= 0.6 is 11.6 Å². The molecule has 1 N–H and O–H groups in total. The zero-order valence-electron chi connectivity index (χ0n) is 18.4. The zero-order chi connectivity index (χ0) is 24.2. The van der Waals surface area contributed by atoms with E-state index >= 15 is 0 Å². The first kappa shape index (κ1) is 22.3. The van der Waals surface area contributed by atoms with E-state index in [0.29, 0.717) is 46.7 Å². The fraction of sp³-hybridized carbons (Fsp3) is 0.0741. The van der Waals surface area contributed by atoms with E-state index in [1.54, 1.807) is 35.1 Å². The molecule has 1 aliphatic heterocycles. The van der Waals surface area contributed by atoms with Crippen molar-refractivity contribution < 1.29 is 14.3 Å². The second kappa shape index (κ2) is 9.75. The van der Waals surface area contributed by atoms with Crippen molar-refractivity contribution in [2.75, 3.05) is 18.5 Å². The van der Waals surface area contributed by atoms with Crippen LogP contribution in [0, 0.1) is 11.3 Å². The Morgan fingerprint density at radius 3 is 2.54 bits per heavy atom. The Morgan fingerprint density at radius 1 is 1.03 bits per heavy atom. The maximum Gasteiger partial charge on any atom is 0.266 e. The lowest BCUT2D eigenvalue weighted by atomic mass is 10.0. The first-order valence-corrected chi connectivity index (χ1v) is 11.2. The number of carbonyl (C=O) groups excluding carboxylic acids is 1. The molecule has 0 atom stereocenters. The van der Waals surface area contributed by atoms with Gasteiger partial charge in [0.15, 0.2) is 11.5 Å². The number of ether oxygens (including phenoxy) is 2. The summed E-state index contributed by atoms with van der Waals surface area (Å²) in [7, 11) is 0. The van der Waals surface area contributed by atoms with Crippen molar-refractivity contribution in [1.29, 1.82) is 5.26 Å². The molecule has 1 aliphatic rings. The predicted octanol–water partition coefficient (Wildman–Crippen LogP) is 5.51. The molecule has 0 unspecified atom stereocenters. The number of rotatable bonds is 5. The van der Waals surface area contributed by atoms with Crippen LogP contribution in [0.4, 0.5) is 5.69 Å². The van der Waals surface area contributed by atoms with Gasteiger partial charge in [0.1, 0.15) is 30.6 Å². The van der Waals surface area contributed by atoms with E-state index < -0.39 is 5.91 Å². The molecule has 2 heterocycles. The molecule has 0 bridgehead atoms. The summed E-state index contributed by atoms with van der Waals surface area (Å²) in [6.45, 7) is 0.956. The minimum Gasteiger partial charge on any atom is -0.486 e. The van der Waals surface area contributed by atoms with Crippen molar-refractivity contribution in [2.45, 2.75) is 0 Å². The summed E-state index contributed by atoms with van der Waals surface area (Å²) in [5, 5.41) is 17.6. The van der Waals surface area contributed by atoms with Crippen LogP contribution in [0.5, 0.6) is 11.5 Å². The number of nitrogens with one attached hydrogen (secondary N) is 1. The van der Waals surface area contributed by atoms with Crippen LogP contribution in [0.2, 0.25) is 5.02 Å². The number of hydrogen-bond donors (Lipinski definition) is 1. The monoisotopic (exact) mass is 482 g/mol. The fourth-order valence-corrected chi connectivity index (χ4v) is 3.86. The van der Waals surface area contributed by atoms with E-state index in [1.165, 1.54) is 6.08 Å². The van der Waals surface area contributed by atoms with E-state index in [2.05, 4.69) is 5.32 Å². The standard InChI is InChI=1S/C27H19ClN4O3/c28-22-8-4-5-9-23(22)30-27(33)19(16-29)14-20-17-32(21-6-2-1-3-7-21)31-26(20)18-10-11-24-25(15-18)35-13-12-34-24/h1-11,14-15,17H,12-13H2,(H,30,33). The Labute approximate surface area is 206 Å². The summed E-state index contributed by atoms with van der Waals surface area (Å²) >= 11 is 6.16. The third-order valence-corrected chi connectivity index (χ3v) is 5.70. The van der Waals surface area contributed by atoms with E-state index in [0.717, 1.165) is 11.3 Å². The molecular weight excluding hydrogens is 464 g/mol. The number of para-hydroxylation sites is 2. The van der Waals surface area contributed by atoms with Crippen LogP contribution in [0.1, 0.15) is 5.56 Å². The van der Waals surface area contributed by atoms with Crippen LogP contribution in [0.3, 0.4) is 0 Å². The quantitative estimate of drug-likeness (QED) is 0.299. The Balaban J connectivity index is 1.57. The summed E-state index contributed by atoms with van der Waals surface area (Å²) in [5.74, 6) is 0.715. The summed E-state index contributed by atoms with van der Waals surface area (Å²) in [6.07, 6.45) is 3.30. The van der Waals surface area contributed by atoms with Gasteiger partial charge < -0.3 is 14.8 Å². The molecule has 0 radical (unpaired) electrons. The van der Waals surface area contributed by atoms with Crippen molar-refractivity contribution in [1.82, 2.24) is 9.78 Å². The van der Waals surface area contributed by atoms with Gasteiger partial charge in [-0.15, -0.1) is 0 Å². The normalized spacial score (nSPS) is 12.6. The zero-order valence-corrected chi connectivity index (χ0v) is 19.2. The summed E-state index contributed by atoms with van der Waals surface area (Å²) < 4.78 is 13.1. The molecule has 1 amide bonds. The average molecular weight is 483 g/mol. The molecule has 3 aromatic carbocycles. The number of aromatic nitrogens is 2. The molecule has 0 spiro atoms. The van der Waals surface area contributed by atoms with Gasteiger partial charge in [0, 0.05) is 17.3 Å². The lowest BCUT2D eigenvalue weighted by molar-refractivity contribution is -0.112. The van der Waals surface area contributed by atoms with Gasteiger partial charge in [0.05, 0.1) is 16.4 Å². The highest BCUT2D eigenvalue weighted by Gasteiger charge is 2.19. The Kier molecular flexibility index (Phi) is 6.20. The highest BCUT2D eigenvalue weighted by molar-refractivity contribution is 6.34. The molecule has 0 fully saturated rings. The van der Waals surface area contributed by atoms with Crippen LogP contribution < -0.4 is 14.8 Å². The maximum atomic E-state index is 12.9. The first-order chi connectivity index (χ1) is 17.1. The number of halogens is 1. The number of hydrogen-bond acceptors (Lipinski definition) is 5. The van der Waals surface area contributed by atoms with Crippen LogP contribution in [-0.2, 0) is 4.79 Å². The number of fused-ring (bicyclic) bond motifs is 1. The van der Waals surface area contributed by atoms with Crippen LogP contribution in [0.25, 0.3) is 23.0 Å². The molecule has 4 aromatic rings. The van der Waals surface area contributed by atoms with E-state index in [9.17, 15) is 10.1 Å². The number of anilines is 1. The van der Waals surface area contributed by atoms with Crippen molar-refractivity contribution in [3.63, 3.8) is 0 Å². The van der Waals surface area contributed by atoms with Gasteiger partial charge in [-0.25, -0.2) is 4.68 Å². The summed E-state index contributed by atoms with van der Waals surface area (Å²) in [5.41, 5.74) is 3.12. The molecule has 0 saturated heterocycles. The molecule has 0 saturated carbocycles. The molecule has 172 valence electrons. The van der Waals surface area contributed by atoms with Gasteiger partial charge in [0.2, 0.25) is 0 Å². The molecular formula is C27H19ClN4O3. The smallest absolute Gasteiger partial charge is 0.266 e. The number of benzene rings is 3. The highest BCUT2D eigenvalue weighted by atomic mass is 35.5. The first-order valence-electron chi connectivity index (χ1n) is 10.8. The Bertz CT molecular complexity index is 1470. The number of amides is 1. The largest absolute Gasteiger partial charge is 0.486 e. The molecule has 0 aliphatic carbocycles. The number of nitrogens with zero attached hydrogens (tertiary/aromatic N) is 3. The molecule has 7 nitrogen and oxygen atoms in total. The van der Waals surface area contributed by atoms with Gasteiger partial charge in [-0.3, -0.25) is 4.79 Å². The van der Waals surface area contributed by atoms with Crippen LogP contribution in [-0.4, -0.2) is 28.9 Å². The minimum atomic E-state index is -0.568. The van der Waals surface area contributed by atoms with Gasteiger partial charge >= 0.3 is 0 Å². The summed E-state index contributed by atoms with van der Waals surface area (Å²) in [6, 6.07) is 24.0. The second-order valence-corrected chi connectivity index (χ2v) is 8.08. The Morgan fingerprint density at radius 2 is 1.77 bits per heavy atom. The third-order valence-electron chi connectivity index (χ3n) is 5.37. The summed E-state index contributed by atoms with van der Waals surface area (Å²) in [4.78, 5) is 12.9. The van der Waals surface area contributed by atoms with Crippen molar-refractivity contribution in [3.05, 3.63) is 95.2 Å². The van der Waals surface area contributed by atoms with E-state index in [4.69, 9.17) is 26.2 Å². The second-order valence-electron chi connectivity index (χ2n) is 7.68. The Hall–Kier alpha value is -4.54. The van der Waals surface area contributed by atoms with Gasteiger partial charge in [0.25, 0.3) is 5.91 Å². The lowest BCUT2D eigenvalue weighted by Gasteiger charge is -2.18. The number of nitriles is 1. The lowest BCUT2D eigenvalue weighted by Crippen LogP contribution is -2.15. The van der Waals surface area contributed by atoms with Crippen molar-refractivity contribution in [2.24, 2.45) is 0 Å². The molecule has 1 aromatic heterocycles. The maximum absolute atomic E-state index is 12.9. The fourth-order valence-electron chi connectivity index (χ4n) is 3.68. The highest BCUT2D eigenvalue weighted by Crippen LogP contribution is 2.36. The van der Waals surface area contributed by atoms with Crippen LogP contribution in [0.15, 0.2) is 84.6 Å². The van der Waals surface area contributed by atoms with E-state index in [-0.39, 0.29) is 5.57 Å². The topological polar surface area (TPSA) is 89.2 Å². The van der Waals surface area contributed by atoms with Crippen molar-refractivity contribution in [3.8, 4) is 34.5 Å². The van der Waals surface area contributed by atoms with Gasteiger partial charge in [-0.1, -0.05) is 41.9 Å². The molecule has 35 heavy (non-hydrogen) atoms. The predicted molar refractivity (Wildman–Crippen MR) is 134 cm³/mol. The van der Waals surface area contributed by atoms with Gasteiger partial charge in [-0.05, 0) is 48.5 Å². The van der Waals surface area contributed by atoms with E-state index in [1.807, 2.05) is 54.6 Å². The SMILES string of the molecule is N#CC(=Cc1cn(-c2ccccc2)nc1-c1ccc2c(c1)OCCO2)C(=O)Nc1ccccc1Cl. The minimum absolute atomic E-state index is 0.0867. The van der Waals surface area contributed by atoms with Gasteiger partial charge in [-0.2, -0.15) is 10.4 Å². The van der Waals surface area contributed by atoms with Crippen molar-refractivity contribution >= 4 is 29.3 Å². The molecule has 8 heteroatoms. The third kappa shape index (κ3) is 4.74. The number of carbonyl (C=O) groups is 1. The molecule has 5 rings (SSSR count).